The summed E-state index contributed by atoms with van der Waals surface area (Å²) in [6.45, 7) is 4.06. The van der Waals surface area contributed by atoms with Crippen LogP contribution >= 0.6 is 0 Å². The number of nitrogens with zero attached hydrogens (tertiary/aromatic N) is 1. The maximum Gasteiger partial charge on any atom is 0.228 e. The standard InChI is InChI=1S/C15H21N3O/c19-15(12-7-8-16-11-12)17-13-3-5-14(6-4-13)18-9-1-2-10-18/h3-6,12,16H,1-2,7-11H2,(H,17,19). The summed E-state index contributed by atoms with van der Waals surface area (Å²) in [7, 11) is 0. The molecule has 2 fully saturated rings. The van der Waals surface area contributed by atoms with Gasteiger partial charge < -0.3 is 15.5 Å². The van der Waals surface area contributed by atoms with Crippen molar-refractivity contribution >= 4 is 17.3 Å². The molecule has 3 rings (SSSR count). The van der Waals surface area contributed by atoms with Crippen LogP contribution in [0, 0.1) is 5.92 Å². The summed E-state index contributed by atoms with van der Waals surface area (Å²) in [4.78, 5) is 14.4. The molecule has 0 spiro atoms. The molecule has 0 bridgehead atoms. The Morgan fingerprint density at radius 3 is 2.58 bits per heavy atom. The Hall–Kier alpha value is -1.55. The first kappa shape index (κ1) is 12.5. The second-order valence-electron chi connectivity index (χ2n) is 5.42. The van der Waals surface area contributed by atoms with Crippen molar-refractivity contribution in [3.63, 3.8) is 0 Å². The minimum atomic E-state index is 0.123. The van der Waals surface area contributed by atoms with Gasteiger partial charge in [0.1, 0.15) is 0 Å². The minimum absolute atomic E-state index is 0.123. The van der Waals surface area contributed by atoms with Gasteiger partial charge in [0.15, 0.2) is 0 Å². The number of rotatable bonds is 3. The van der Waals surface area contributed by atoms with Gasteiger partial charge >= 0.3 is 0 Å². The Labute approximate surface area is 114 Å². The Balaban J connectivity index is 1.60. The van der Waals surface area contributed by atoms with Crippen molar-refractivity contribution in [3.8, 4) is 0 Å². The first-order chi connectivity index (χ1) is 9.33. The van der Waals surface area contributed by atoms with Crippen LogP contribution in [-0.2, 0) is 4.79 Å². The lowest BCUT2D eigenvalue weighted by Crippen LogP contribution is -2.24. The summed E-state index contributed by atoms with van der Waals surface area (Å²) < 4.78 is 0. The molecule has 2 saturated heterocycles. The molecule has 0 aromatic heterocycles. The SMILES string of the molecule is O=C(Nc1ccc(N2CCCC2)cc1)C1CCNC1. The third-order valence-corrected chi connectivity index (χ3v) is 4.04. The lowest BCUT2D eigenvalue weighted by atomic mass is 10.1. The zero-order valence-electron chi connectivity index (χ0n) is 11.2. The summed E-state index contributed by atoms with van der Waals surface area (Å²) >= 11 is 0. The van der Waals surface area contributed by atoms with Gasteiger partial charge in [0.05, 0.1) is 5.92 Å². The molecule has 2 aliphatic rings. The van der Waals surface area contributed by atoms with E-state index in [0.717, 1.165) is 38.3 Å². The Morgan fingerprint density at radius 2 is 1.95 bits per heavy atom. The number of carbonyl (C=O) groups is 1. The van der Waals surface area contributed by atoms with Crippen molar-refractivity contribution < 1.29 is 4.79 Å². The summed E-state index contributed by atoms with van der Waals surface area (Å²) in [5.41, 5.74) is 2.16. The van der Waals surface area contributed by atoms with Gasteiger partial charge in [-0.2, -0.15) is 0 Å². The summed E-state index contributed by atoms with van der Waals surface area (Å²) in [5, 5.41) is 6.22. The van der Waals surface area contributed by atoms with E-state index in [4.69, 9.17) is 0 Å². The monoisotopic (exact) mass is 259 g/mol. The molecule has 19 heavy (non-hydrogen) atoms. The van der Waals surface area contributed by atoms with Crippen molar-refractivity contribution in [2.24, 2.45) is 5.92 Å². The van der Waals surface area contributed by atoms with Crippen molar-refractivity contribution in [1.29, 1.82) is 0 Å². The molecule has 2 aliphatic heterocycles. The van der Waals surface area contributed by atoms with Gasteiger partial charge in [-0.25, -0.2) is 0 Å². The largest absolute Gasteiger partial charge is 0.372 e. The van der Waals surface area contributed by atoms with Gasteiger partial charge in [0.25, 0.3) is 0 Å². The van der Waals surface area contributed by atoms with E-state index in [2.05, 4.69) is 27.7 Å². The van der Waals surface area contributed by atoms with E-state index >= 15 is 0 Å². The number of nitrogens with one attached hydrogen (secondary N) is 2. The average molecular weight is 259 g/mol. The topological polar surface area (TPSA) is 44.4 Å². The van der Waals surface area contributed by atoms with Crippen LogP contribution in [0.3, 0.4) is 0 Å². The highest BCUT2D eigenvalue weighted by Crippen LogP contribution is 2.22. The highest BCUT2D eigenvalue weighted by Gasteiger charge is 2.22. The smallest absolute Gasteiger partial charge is 0.228 e. The van der Waals surface area contributed by atoms with Gasteiger partial charge in [0.2, 0.25) is 5.91 Å². The van der Waals surface area contributed by atoms with Gasteiger partial charge in [-0.05, 0) is 50.1 Å². The molecule has 1 aromatic carbocycles. The second-order valence-corrected chi connectivity index (χ2v) is 5.42. The molecule has 1 atom stereocenters. The number of carbonyl (C=O) groups excluding carboxylic acids is 1. The fourth-order valence-electron chi connectivity index (χ4n) is 2.85. The van der Waals surface area contributed by atoms with E-state index in [1.54, 1.807) is 0 Å². The molecule has 102 valence electrons. The summed E-state index contributed by atoms with van der Waals surface area (Å²) in [5.74, 6) is 0.261. The minimum Gasteiger partial charge on any atom is -0.372 e. The first-order valence-corrected chi connectivity index (χ1v) is 7.19. The first-order valence-electron chi connectivity index (χ1n) is 7.19. The maximum atomic E-state index is 12.0. The normalized spacial score (nSPS) is 22.7. The van der Waals surface area contributed by atoms with E-state index in [9.17, 15) is 4.79 Å². The second kappa shape index (κ2) is 5.61. The zero-order chi connectivity index (χ0) is 13.1. The number of hydrogen-bond donors (Lipinski definition) is 2. The molecule has 4 heteroatoms. The third-order valence-electron chi connectivity index (χ3n) is 4.04. The van der Waals surface area contributed by atoms with E-state index in [0.29, 0.717) is 0 Å². The molecule has 2 heterocycles. The van der Waals surface area contributed by atoms with Crippen LogP contribution in [0.15, 0.2) is 24.3 Å². The van der Waals surface area contributed by atoms with Gasteiger partial charge in [-0.15, -0.1) is 0 Å². The van der Waals surface area contributed by atoms with Crippen LogP contribution in [0.4, 0.5) is 11.4 Å². The maximum absolute atomic E-state index is 12.0. The number of hydrogen-bond acceptors (Lipinski definition) is 3. The van der Waals surface area contributed by atoms with Crippen LogP contribution in [0.1, 0.15) is 19.3 Å². The molecule has 0 aliphatic carbocycles. The van der Waals surface area contributed by atoms with Crippen molar-refractivity contribution in [2.75, 3.05) is 36.4 Å². The number of benzene rings is 1. The predicted molar refractivity (Wildman–Crippen MR) is 77.5 cm³/mol. The molecule has 1 unspecified atom stereocenters. The molecule has 2 N–H and O–H groups in total. The molecular weight excluding hydrogens is 238 g/mol. The summed E-state index contributed by atoms with van der Waals surface area (Å²) in [6.07, 6.45) is 3.51. The van der Waals surface area contributed by atoms with Crippen LogP contribution in [0.5, 0.6) is 0 Å². The van der Waals surface area contributed by atoms with Crippen molar-refractivity contribution in [2.45, 2.75) is 19.3 Å². The number of anilines is 2. The Morgan fingerprint density at radius 1 is 1.21 bits per heavy atom. The fraction of sp³-hybridized carbons (Fsp3) is 0.533. The van der Waals surface area contributed by atoms with E-state index in [1.807, 2.05) is 12.1 Å². The van der Waals surface area contributed by atoms with Gasteiger partial charge in [-0.3, -0.25) is 4.79 Å². The molecule has 0 radical (unpaired) electrons. The number of amides is 1. The highest BCUT2D eigenvalue weighted by atomic mass is 16.1. The van der Waals surface area contributed by atoms with Crippen molar-refractivity contribution in [1.82, 2.24) is 5.32 Å². The Bertz CT molecular complexity index is 431. The summed E-state index contributed by atoms with van der Waals surface area (Å²) in [6, 6.07) is 8.23. The van der Waals surface area contributed by atoms with Crippen molar-refractivity contribution in [3.05, 3.63) is 24.3 Å². The predicted octanol–water partition coefficient (Wildman–Crippen LogP) is 1.83. The van der Waals surface area contributed by atoms with Crippen LogP contribution in [-0.4, -0.2) is 32.1 Å². The van der Waals surface area contributed by atoms with E-state index in [-0.39, 0.29) is 11.8 Å². The van der Waals surface area contributed by atoms with E-state index in [1.165, 1.54) is 18.5 Å². The van der Waals surface area contributed by atoms with Crippen LogP contribution in [0.2, 0.25) is 0 Å². The molecule has 4 nitrogen and oxygen atoms in total. The van der Waals surface area contributed by atoms with Crippen LogP contribution < -0.4 is 15.5 Å². The van der Waals surface area contributed by atoms with Crippen LogP contribution in [0.25, 0.3) is 0 Å². The third kappa shape index (κ3) is 2.89. The molecular formula is C15H21N3O. The quantitative estimate of drug-likeness (QED) is 0.870. The molecule has 0 saturated carbocycles. The average Bonchev–Trinajstić information content (AvgIpc) is 3.13. The molecule has 1 amide bonds. The fourth-order valence-corrected chi connectivity index (χ4v) is 2.85. The highest BCUT2D eigenvalue weighted by molar-refractivity contribution is 5.93. The lowest BCUT2D eigenvalue weighted by Gasteiger charge is -2.18. The lowest BCUT2D eigenvalue weighted by molar-refractivity contribution is -0.119. The molecule has 1 aromatic rings. The van der Waals surface area contributed by atoms with Gasteiger partial charge in [0, 0.05) is 31.0 Å². The Kier molecular flexibility index (Phi) is 3.69. The van der Waals surface area contributed by atoms with E-state index < -0.39 is 0 Å². The van der Waals surface area contributed by atoms with Gasteiger partial charge in [-0.1, -0.05) is 0 Å². The zero-order valence-corrected chi connectivity index (χ0v) is 11.2.